The highest BCUT2D eigenvalue weighted by molar-refractivity contribution is 5.85. The number of H-pyrrole nitrogens is 1. The van der Waals surface area contributed by atoms with E-state index >= 15 is 0 Å². The fraction of sp³-hybridized carbons (Fsp3) is 0.414. The molecule has 3 unspecified atom stereocenters. The Balaban J connectivity index is 1.07. The summed E-state index contributed by atoms with van der Waals surface area (Å²) in [7, 11) is 0. The molecule has 8 heteroatoms. The molecule has 0 aliphatic carbocycles. The van der Waals surface area contributed by atoms with Crippen LogP contribution in [0.5, 0.6) is 0 Å². The lowest BCUT2D eigenvalue weighted by molar-refractivity contribution is -0.131. The van der Waals surface area contributed by atoms with Gasteiger partial charge in [0.1, 0.15) is 18.7 Å². The van der Waals surface area contributed by atoms with Gasteiger partial charge in [-0.05, 0) is 75.0 Å². The molecule has 0 spiro atoms. The average Bonchev–Trinajstić information content (AvgIpc) is 3.60. The first-order chi connectivity index (χ1) is 18.2. The SMILES string of the molecule is CC1CC(N2CCNC(=O)C2c2ccccc2)CCN1CCCc1c[nH]c2ccc(-n3cnnc3)cc12. The molecule has 0 saturated carbocycles. The smallest absolute Gasteiger partial charge is 0.242 e. The summed E-state index contributed by atoms with van der Waals surface area (Å²) < 4.78 is 1.94. The Kier molecular flexibility index (Phi) is 6.76. The molecule has 1 amide bonds. The maximum absolute atomic E-state index is 12.9. The van der Waals surface area contributed by atoms with Crippen molar-refractivity contribution in [2.24, 2.45) is 0 Å². The van der Waals surface area contributed by atoms with Gasteiger partial charge < -0.3 is 15.2 Å². The molecule has 2 aromatic heterocycles. The van der Waals surface area contributed by atoms with Crippen molar-refractivity contribution >= 4 is 16.8 Å². The highest BCUT2D eigenvalue weighted by Crippen LogP contribution is 2.31. The zero-order valence-corrected chi connectivity index (χ0v) is 21.4. The summed E-state index contributed by atoms with van der Waals surface area (Å²) in [6.07, 6.45) is 10.00. The largest absolute Gasteiger partial charge is 0.361 e. The highest BCUT2D eigenvalue weighted by atomic mass is 16.2. The fourth-order valence-electron chi connectivity index (χ4n) is 6.23. The van der Waals surface area contributed by atoms with Gasteiger partial charge in [-0.15, -0.1) is 10.2 Å². The average molecular weight is 498 g/mol. The van der Waals surface area contributed by atoms with E-state index in [2.05, 4.69) is 73.8 Å². The van der Waals surface area contributed by atoms with E-state index in [1.54, 1.807) is 12.7 Å². The zero-order valence-electron chi connectivity index (χ0n) is 21.4. The summed E-state index contributed by atoms with van der Waals surface area (Å²) in [5.74, 6) is 0.138. The van der Waals surface area contributed by atoms with Crippen LogP contribution < -0.4 is 5.32 Å². The summed E-state index contributed by atoms with van der Waals surface area (Å²) in [5.41, 5.74) is 4.70. The van der Waals surface area contributed by atoms with Crippen LogP contribution in [-0.4, -0.2) is 73.7 Å². The van der Waals surface area contributed by atoms with Gasteiger partial charge >= 0.3 is 0 Å². The van der Waals surface area contributed by atoms with Gasteiger partial charge in [-0.2, -0.15) is 0 Å². The van der Waals surface area contributed by atoms with Crippen LogP contribution in [0, 0.1) is 0 Å². The van der Waals surface area contributed by atoms with Crippen LogP contribution in [0.15, 0.2) is 67.4 Å². The second-order valence-corrected chi connectivity index (χ2v) is 10.4. The Hall–Kier alpha value is -3.49. The topological polar surface area (TPSA) is 82.1 Å². The molecule has 2 saturated heterocycles. The van der Waals surface area contributed by atoms with Crippen molar-refractivity contribution in [1.29, 1.82) is 0 Å². The Morgan fingerprint density at radius 2 is 1.89 bits per heavy atom. The number of nitrogens with one attached hydrogen (secondary N) is 2. The predicted octanol–water partition coefficient (Wildman–Crippen LogP) is 3.71. The molecule has 0 radical (unpaired) electrons. The molecule has 2 aliphatic heterocycles. The zero-order chi connectivity index (χ0) is 25.2. The Labute approximate surface area is 217 Å². The number of aromatic amines is 1. The number of likely N-dealkylation sites (tertiary alicyclic amines) is 1. The lowest BCUT2D eigenvalue weighted by Crippen LogP contribution is -2.57. The molecule has 2 aliphatic rings. The molecule has 2 aromatic carbocycles. The first-order valence-corrected chi connectivity index (χ1v) is 13.4. The number of fused-ring (bicyclic) bond motifs is 1. The second kappa shape index (κ2) is 10.5. The van der Waals surface area contributed by atoms with Crippen LogP contribution >= 0.6 is 0 Å². The van der Waals surface area contributed by atoms with Gasteiger partial charge in [0.05, 0.1) is 0 Å². The summed E-state index contributed by atoms with van der Waals surface area (Å²) in [4.78, 5) is 21.4. The second-order valence-electron chi connectivity index (χ2n) is 10.4. The van der Waals surface area contributed by atoms with Crippen molar-refractivity contribution in [2.75, 3.05) is 26.2 Å². The maximum atomic E-state index is 12.9. The van der Waals surface area contributed by atoms with Crippen LogP contribution in [-0.2, 0) is 11.2 Å². The molecular formula is C29H35N7O. The maximum Gasteiger partial charge on any atom is 0.242 e. The molecule has 0 bridgehead atoms. The Morgan fingerprint density at radius 1 is 1.05 bits per heavy atom. The number of aryl methyl sites for hydroxylation is 1. The van der Waals surface area contributed by atoms with Crippen LogP contribution in [0.3, 0.4) is 0 Å². The number of carbonyl (C=O) groups is 1. The van der Waals surface area contributed by atoms with E-state index in [4.69, 9.17) is 0 Å². The van der Waals surface area contributed by atoms with Gasteiger partial charge in [-0.1, -0.05) is 30.3 Å². The number of rotatable bonds is 7. The minimum absolute atomic E-state index is 0.138. The lowest BCUT2D eigenvalue weighted by Gasteiger charge is -2.46. The number of carbonyl (C=O) groups excluding carboxylic acids is 1. The minimum Gasteiger partial charge on any atom is -0.361 e. The van der Waals surface area contributed by atoms with Gasteiger partial charge in [0.25, 0.3) is 0 Å². The predicted molar refractivity (Wildman–Crippen MR) is 144 cm³/mol. The van der Waals surface area contributed by atoms with Gasteiger partial charge in [0.2, 0.25) is 5.91 Å². The van der Waals surface area contributed by atoms with E-state index in [0.717, 1.165) is 63.1 Å². The molecule has 6 rings (SSSR count). The molecule has 2 N–H and O–H groups in total. The Bertz CT molecular complexity index is 1330. The molecule has 37 heavy (non-hydrogen) atoms. The van der Waals surface area contributed by atoms with E-state index in [0.29, 0.717) is 12.1 Å². The molecule has 4 aromatic rings. The number of hydrogen-bond acceptors (Lipinski definition) is 5. The fourth-order valence-corrected chi connectivity index (χ4v) is 6.23. The third-order valence-corrected chi connectivity index (χ3v) is 8.18. The number of hydrogen-bond donors (Lipinski definition) is 2. The van der Waals surface area contributed by atoms with Crippen molar-refractivity contribution in [1.82, 2.24) is 34.9 Å². The molecule has 192 valence electrons. The molecule has 2 fully saturated rings. The highest BCUT2D eigenvalue weighted by Gasteiger charge is 2.38. The van der Waals surface area contributed by atoms with E-state index in [9.17, 15) is 4.79 Å². The third kappa shape index (κ3) is 4.91. The van der Waals surface area contributed by atoms with Gasteiger partial charge in [-0.3, -0.25) is 14.3 Å². The van der Waals surface area contributed by atoms with Gasteiger partial charge in [0, 0.05) is 48.0 Å². The van der Waals surface area contributed by atoms with E-state index in [1.165, 1.54) is 16.5 Å². The number of piperidine rings is 1. The first-order valence-electron chi connectivity index (χ1n) is 13.4. The van der Waals surface area contributed by atoms with E-state index < -0.39 is 0 Å². The lowest BCUT2D eigenvalue weighted by atomic mass is 9.92. The van der Waals surface area contributed by atoms with Crippen molar-refractivity contribution < 1.29 is 4.79 Å². The van der Waals surface area contributed by atoms with Crippen LogP contribution in [0.4, 0.5) is 0 Å². The summed E-state index contributed by atoms with van der Waals surface area (Å²) in [5, 5.41) is 12.2. The van der Waals surface area contributed by atoms with Gasteiger partial charge in [0.15, 0.2) is 0 Å². The monoisotopic (exact) mass is 497 g/mol. The molecule has 8 nitrogen and oxygen atoms in total. The molecular weight excluding hydrogens is 462 g/mol. The standard InChI is InChI=1S/C29H35N7O/c1-21-16-25(36-15-12-30-29(37)28(36)22-6-3-2-4-7-22)11-14-34(21)13-5-8-23-18-31-27-10-9-24(17-26(23)27)35-19-32-33-20-35/h2-4,6-7,9-10,17-21,25,28,31H,5,8,11-16H2,1H3,(H,30,37). The summed E-state index contributed by atoms with van der Waals surface area (Å²) >= 11 is 0. The number of amides is 1. The number of piperazine rings is 1. The number of aromatic nitrogens is 4. The Morgan fingerprint density at radius 3 is 2.70 bits per heavy atom. The summed E-state index contributed by atoms with van der Waals surface area (Å²) in [6, 6.07) is 17.4. The number of benzene rings is 2. The number of nitrogens with zero attached hydrogens (tertiary/aromatic N) is 5. The quantitative estimate of drug-likeness (QED) is 0.407. The van der Waals surface area contributed by atoms with Crippen LogP contribution in [0.25, 0.3) is 16.6 Å². The first kappa shape index (κ1) is 23.9. The van der Waals surface area contributed by atoms with Crippen molar-refractivity contribution in [3.05, 3.63) is 78.5 Å². The summed E-state index contributed by atoms with van der Waals surface area (Å²) in [6.45, 7) is 6.18. The molecule has 4 heterocycles. The van der Waals surface area contributed by atoms with E-state index in [-0.39, 0.29) is 11.9 Å². The van der Waals surface area contributed by atoms with Gasteiger partial charge in [-0.25, -0.2) is 0 Å². The third-order valence-electron chi connectivity index (χ3n) is 8.18. The normalized spacial score (nSPS) is 23.4. The minimum atomic E-state index is -0.177. The van der Waals surface area contributed by atoms with E-state index in [1.807, 2.05) is 22.8 Å². The van der Waals surface area contributed by atoms with Crippen LogP contribution in [0.1, 0.15) is 43.4 Å². The van der Waals surface area contributed by atoms with Crippen molar-refractivity contribution in [2.45, 2.75) is 50.7 Å². The van der Waals surface area contributed by atoms with Crippen molar-refractivity contribution in [3.8, 4) is 5.69 Å². The molecule has 3 atom stereocenters. The van der Waals surface area contributed by atoms with Crippen molar-refractivity contribution in [3.63, 3.8) is 0 Å². The van der Waals surface area contributed by atoms with Crippen LogP contribution in [0.2, 0.25) is 0 Å².